The van der Waals surface area contributed by atoms with Gasteiger partial charge in [0, 0.05) is 55.4 Å². The zero-order valence-corrected chi connectivity index (χ0v) is 35.7. The second kappa shape index (κ2) is 14.4. The van der Waals surface area contributed by atoms with Crippen molar-refractivity contribution in [2.45, 2.75) is 39.5 Å². The van der Waals surface area contributed by atoms with Crippen molar-refractivity contribution < 1.29 is 0 Å². The number of fused-ring (bicyclic) bond motifs is 9. The highest BCUT2D eigenvalue weighted by molar-refractivity contribution is 6.13. The van der Waals surface area contributed by atoms with E-state index in [2.05, 4.69) is 210 Å². The summed E-state index contributed by atoms with van der Waals surface area (Å²) >= 11 is 0. The van der Waals surface area contributed by atoms with Gasteiger partial charge in [0.05, 0.1) is 44.8 Å². The zero-order chi connectivity index (χ0) is 42.3. The van der Waals surface area contributed by atoms with Crippen LogP contribution in [-0.2, 0) is 0 Å². The Kier molecular flexibility index (Phi) is 8.44. The largest absolute Gasteiger partial charge is 0.309 e. The predicted octanol–water partition coefficient (Wildman–Crippen LogP) is 14.7. The van der Waals surface area contributed by atoms with Crippen molar-refractivity contribution in [1.29, 1.82) is 0 Å². The molecule has 5 aromatic heterocycles. The smallest absolute Gasteiger partial charge is 0.116 e. The minimum atomic E-state index is 0.366. The first kappa shape index (κ1) is 37.0. The first-order valence-corrected chi connectivity index (χ1v) is 21.9. The first-order valence-electron chi connectivity index (χ1n) is 21.9. The third-order valence-electron chi connectivity index (χ3n) is 12.9. The monoisotopic (exact) mass is 812 g/mol. The molecule has 0 bridgehead atoms. The molecule has 0 radical (unpaired) electrons. The molecule has 302 valence electrons. The van der Waals surface area contributed by atoms with E-state index in [4.69, 9.17) is 9.97 Å². The van der Waals surface area contributed by atoms with Gasteiger partial charge in [-0.2, -0.15) is 0 Å². The van der Waals surface area contributed by atoms with Gasteiger partial charge in [0.25, 0.3) is 0 Å². The van der Waals surface area contributed by atoms with Crippen molar-refractivity contribution in [3.05, 3.63) is 194 Å². The topological polar surface area (TPSA) is 53.5 Å². The molecule has 5 heterocycles. The summed E-state index contributed by atoms with van der Waals surface area (Å²) in [7, 11) is 0. The van der Waals surface area contributed by atoms with Crippen LogP contribution in [-0.4, -0.2) is 28.7 Å². The Bertz CT molecular complexity index is 3710. The molecule has 6 heteroatoms. The van der Waals surface area contributed by atoms with E-state index >= 15 is 0 Å². The normalized spacial score (nSPS) is 12.1. The van der Waals surface area contributed by atoms with Crippen LogP contribution in [0.25, 0.3) is 105 Å². The van der Waals surface area contributed by atoms with Crippen LogP contribution < -0.4 is 0 Å². The van der Waals surface area contributed by atoms with Crippen LogP contribution in [0.3, 0.4) is 0 Å². The van der Waals surface area contributed by atoms with Gasteiger partial charge < -0.3 is 13.7 Å². The Hall–Kier alpha value is -7.83. The molecule has 0 spiro atoms. The van der Waals surface area contributed by atoms with Gasteiger partial charge in [-0.05, 0) is 125 Å². The maximum absolute atomic E-state index is 4.97. The van der Waals surface area contributed by atoms with E-state index < -0.39 is 0 Å². The number of benzene rings is 7. The second-order valence-electron chi connectivity index (χ2n) is 17.4. The molecule has 6 nitrogen and oxygen atoms in total. The average molecular weight is 813 g/mol. The van der Waals surface area contributed by atoms with Crippen molar-refractivity contribution >= 4 is 65.5 Å². The Balaban J connectivity index is 0.960. The maximum Gasteiger partial charge on any atom is 0.116 e. The fraction of sp³-hybridized carbons (Fsp3) is 0.105. The summed E-state index contributed by atoms with van der Waals surface area (Å²) in [4.78, 5) is 14.2. The van der Waals surface area contributed by atoms with Crippen LogP contribution in [0.4, 0.5) is 0 Å². The number of pyridine rings is 1. The van der Waals surface area contributed by atoms with Gasteiger partial charge >= 0.3 is 0 Å². The van der Waals surface area contributed by atoms with Crippen molar-refractivity contribution in [2.24, 2.45) is 0 Å². The molecule has 0 N–H and O–H groups in total. The first-order chi connectivity index (χ1) is 30.9. The van der Waals surface area contributed by atoms with Gasteiger partial charge in [0.1, 0.15) is 6.33 Å². The van der Waals surface area contributed by atoms with E-state index in [0.717, 1.165) is 55.9 Å². The average Bonchev–Trinajstić information content (AvgIpc) is 3.96. The standard InChI is InChI=1S/C57H44N6/c1-35(2)49-30-40(31-50(60-49)36(3)4)37-18-22-42(23-19-37)61-51-16-10-8-14-44(51)46-28-38(20-25-53(46)61)39-21-26-54-47(29-39)45-15-9-11-17-52(45)63(54)43-24-27-55-48(32-43)57-56(33-58-34-59-57)62(55)41-12-6-5-7-13-41/h5-36H,1-4H3. The third-order valence-corrected chi connectivity index (χ3v) is 12.9. The van der Waals surface area contributed by atoms with E-state index in [-0.39, 0.29) is 0 Å². The number of hydrogen-bond donors (Lipinski definition) is 0. The predicted molar refractivity (Wildman–Crippen MR) is 262 cm³/mol. The van der Waals surface area contributed by atoms with Crippen molar-refractivity contribution in [3.63, 3.8) is 0 Å². The quantitative estimate of drug-likeness (QED) is 0.161. The van der Waals surface area contributed by atoms with Crippen LogP contribution in [0, 0.1) is 0 Å². The minimum absolute atomic E-state index is 0.366. The van der Waals surface area contributed by atoms with Gasteiger partial charge in [-0.25, -0.2) is 9.97 Å². The summed E-state index contributed by atoms with van der Waals surface area (Å²) in [6.45, 7) is 8.87. The fourth-order valence-electron chi connectivity index (χ4n) is 9.72. The van der Waals surface area contributed by atoms with E-state index in [0.29, 0.717) is 11.8 Å². The lowest BCUT2D eigenvalue weighted by atomic mass is 9.98. The molecule has 0 aliphatic heterocycles. The Morgan fingerprint density at radius 1 is 0.365 bits per heavy atom. The molecule has 0 unspecified atom stereocenters. The molecular formula is C57H44N6. The molecule has 0 saturated carbocycles. The second-order valence-corrected chi connectivity index (χ2v) is 17.4. The highest BCUT2D eigenvalue weighted by Gasteiger charge is 2.19. The molecule has 63 heavy (non-hydrogen) atoms. The summed E-state index contributed by atoms with van der Waals surface area (Å²) in [5, 5.41) is 6.00. The molecule has 0 amide bonds. The molecule has 0 aliphatic carbocycles. The number of para-hydroxylation sites is 3. The Labute approximate surface area is 365 Å². The third kappa shape index (κ3) is 5.89. The lowest BCUT2D eigenvalue weighted by Crippen LogP contribution is -2.00. The van der Waals surface area contributed by atoms with Crippen LogP contribution >= 0.6 is 0 Å². The number of nitrogens with zero attached hydrogens (tertiary/aromatic N) is 6. The summed E-state index contributed by atoms with van der Waals surface area (Å²) in [6, 6.07) is 62.1. The summed E-state index contributed by atoms with van der Waals surface area (Å²) < 4.78 is 7.05. The maximum atomic E-state index is 4.97. The molecule has 12 rings (SSSR count). The molecular weight excluding hydrogens is 769 g/mol. The molecule has 7 aromatic carbocycles. The van der Waals surface area contributed by atoms with E-state index in [9.17, 15) is 0 Å². The van der Waals surface area contributed by atoms with Gasteiger partial charge in [-0.1, -0.05) is 107 Å². The molecule has 0 aliphatic rings. The fourth-order valence-corrected chi connectivity index (χ4v) is 9.72. The Morgan fingerprint density at radius 3 is 1.46 bits per heavy atom. The van der Waals surface area contributed by atoms with Crippen LogP contribution in [0.1, 0.15) is 50.9 Å². The SMILES string of the molecule is CC(C)c1cc(-c2ccc(-n3c4ccccc4c4cc(-c5ccc6c(c5)c5ccccc5n6-c5ccc6c(c5)c5ncncc5n6-c5ccccc5)ccc43)cc2)cc(C(C)C)n1. The number of hydrogen-bond acceptors (Lipinski definition) is 3. The van der Waals surface area contributed by atoms with Crippen LogP contribution in [0.15, 0.2) is 182 Å². The van der Waals surface area contributed by atoms with Crippen LogP contribution in [0.2, 0.25) is 0 Å². The van der Waals surface area contributed by atoms with Crippen molar-refractivity contribution in [1.82, 2.24) is 28.7 Å². The van der Waals surface area contributed by atoms with Crippen LogP contribution in [0.5, 0.6) is 0 Å². The summed E-state index contributed by atoms with van der Waals surface area (Å²) in [6.07, 6.45) is 3.56. The zero-order valence-electron chi connectivity index (χ0n) is 35.7. The van der Waals surface area contributed by atoms with E-state index in [1.165, 1.54) is 60.3 Å². The molecule has 0 atom stereocenters. The summed E-state index contributed by atoms with van der Waals surface area (Å²) in [5.74, 6) is 0.731. The molecule has 0 fully saturated rings. The molecule has 12 aromatic rings. The van der Waals surface area contributed by atoms with Gasteiger partial charge in [0.15, 0.2) is 0 Å². The van der Waals surface area contributed by atoms with E-state index in [1.807, 2.05) is 12.3 Å². The lowest BCUT2D eigenvalue weighted by molar-refractivity contribution is 0.766. The highest BCUT2D eigenvalue weighted by Crippen LogP contribution is 2.40. The van der Waals surface area contributed by atoms with Gasteiger partial charge in [0.2, 0.25) is 0 Å². The Morgan fingerprint density at radius 2 is 0.841 bits per heavy atom. The number of rotatable bonds is 7. The number of aromatic nitrogens is 6. The van der Waals surface area contributed by atoms with Gasteiger partial charge in [-0.15, -0.1) is 0 Å². The molecule has 0 saturated heterocycles. The van der Waals surface area contributed by atoms with E-state index in [1.54, 1.807) is 6.33 Å². The summed E-state index contributed by atoms with van der Waals surface area (Å²) in [5.41, 5.74) is 18.1. The van der Waals surface area contributed by atoms with Gasteiger partial charge in [-0.3, -0.25) is 4.98 Å². The highest BCUT2D eigenvalue weighted by atomic mass is 15.0. The lowest BCUT2D eigenvalue weighted by Gasteiger charge is -2.14. The van der Waals surface area contributed by atoms with Crippen molar-refractivity contribution in [2.75, 3.05) is 0 Å². The van der Waals surface area contributed by atoms with Crippen molar-refractivity contribution in [3.8, 4) is 39.3 Å². The minimum Gasteiger partial charge on any atom is -0.309 e.